The normalized spacial score (nSPS) is 10.8. The Morgan fingerprint density at radius 2 is 2.42 bits per heavy atom. The third-order valence-electron chi connectivity index (χ3n) is 1.80. The topological polar surface area (TPSA) is 64.9 Å². The first kappa shape index (κ1) is 7.24. The molecule has 4 heteroatoms. The van der Waals surface area contributed by atoms with Crippen molar-refractivity contribution in [3.63, 3.8) is 0 Å². The number of nitrogens with zero attached hydrogens (tertiary/aromatic N) is 2. The molecule has 0 aliphatic heterocycles. The molecule has 0 aromatic carbocycles. The van der Waals surface area contributed by atoms with E-state index in [1.54, 1.807) is 6.20 Å². The van der Waals surface area contributed by atoms with Gasteiger partial charge in [0.2, 0.25) is 0 Å². The first-order chi connectivity index (χ1) is 5.81. The monoisotopic (exact) mass is 163 g/mol. The fraction of sp³-hybridized carbons (Fsp3) is 0.250. The van der Waals surface area contributed by atoms with Crippen molar-refractivity contribution in [1.29, 1.82) is 0 Å². The molecule has 0 atom stereocenters. The molecule has 0 unspecified atom stereocenters. The van der Waals surface area contributed by atoms with Gasteiger partial charge in [0.15, 0.2) is 5.58 Å². The Hall–Kier alpha value is -1.42. The van der Waals surface area contributed by atoms with Crippen LogP contribution in [0.25, 0.3) is 11.0 Å². The van der Waals surface area contributed by atoms with Crippen LogP contribution in [0.5, 0.6) is 0 Å². The summed E-state index contributed by atoms with van der Waals surface area (Å²) in [5, 5.41) is 4.77. The van der Waals surface area contributed by atoms with Gasteiger partial charge in [-0.1, -0.05) is 5.16 Å². The zero-order chi connectivity index (χ0) is 8.55. The van der Waals surface area contributed by atoms with Gasteiger partial charge >= 0.3 is 0 Å². The average molecular weight is 163 g/mol. The van der Waals surface area contributed by atoms with Gasteiger partial charge in [-0.3, -0.25) is 4.98 Å². The number of aromatic nitrogens is 2. The van der Waals surface area contributed by atoms with Gasteiger partial charge in [-0.05, 0) is 6.92 Å². The third-order valence-corrected chi connectivity index (χ3v) is 1.80. The van der Waals surface area contributed by atoms with E-state index in [4.69, 9.17) is 10.3 Å². The van der Waals surface area contributed by atoms with Crippen LogP contribution < -0.4 is 5.73 Å². The molecule has 12 heavy (non-hydrogen) atoms. The number of rotatable bonds is 1. The van der Waals surface area contributed by atoms with E-state index in [1.165, 1.54) is 0 Å². The predicted octanol–water partition coefficient (Wildman–Crippen LogP) is 0.990. The maximum Gasteiger partial charge on any atom is 0.170 e. The van der Waals surface area contributed by atoms with Gasteiger partial charge in [0, 0.05) is 18.8 Å². The molecule has 0 saturated carbocycles. The van der Waals surface area contributed by atoms with Crippen molar-refractivity contribution in [2.75, 3.05) is 0 Å². The maximum absolute atomic E-state index is 5.42. The third kappa shape index (κ3) is 0.967. The lowest BCUT2D eigenvalue weighted by molar-refractivity contribution is 0.450. The van der Waals surface area contributed by atoms with Crippen LogP contribution in [-0.2, 0) is 6.54 Å². The molecule has 0 saturated heterocycles. The highest BCUT2D eigenvalue weighted by Gasteiger charge is 2.04. The van der Waals surface area contributed by atoms with Crippen LogP contribution in [0.2, 0.25) is 0 Å². The maximum atomic E-state index is 5.42. The second-order valence-electron chi connectivity index (χ2n) is 2.64. The van der Waals surface area contributed by atoms with Crippen molar-refractivity contribution in [1.82, 2.24) is 10.1 Å². The molecule has 62 valence electrons. The van der Waals surface area contributed by atoms with Gasteiger partial charge in [0.25, 0.3) is 0 Å². The Bertz CT molecular complexity index is 408. The molecule has 2 rings (SSSR count). The molecule has 0 aliphatic rings. The Morgan fingerprint density at radius 3 is 3.17 bits per heavy atom. The van der Waals surface area contributed by atoms with Gasteiger partial charge in [-0.15, -0.1) is 0 Å². The fourth-order valence-electron chi connectivity index (χ4n) is 1.10. The second-order valence-corrected chi connectivity index (χ2v) is 2.64. The van der Waals surface area contributed by atoms with Crippen molar-refractivity contribution in [3.05, 3.63) is 23.7 Å². The molecule has 0 spiro atoms. The molecule has 2 N–H and O–H groups in total. The van der Waals surface area contributed by atoms with E-state index in [0.29, 0.717) is 6.54 Å². The van der Waals surface area contributed by atoms with Gasteiger partial charge < -0.3 is 10.3 Å². The zero-order valence-corrected chi connectivity index (χ0v) is 6.74. The van der Waals surface area contributed by atoms with Crippen LogP contribution in [-0.4, -0.2) is 10.1 Å². The summed E-state index contributed by atoms with van der Waals surface area (Å²) in [5.41, 5.74) is 7.86. The standard InChI is InChI=1S/C8H9N3O/c1-5-7-4-10-6(3-9)2-8(7)12-11-5/h2,4H,3,9H2,1H3. The minimum absolute atomic E-state index is 0.426. The molecule has 0 aliphatic carbocycles. The van der Waals surface area contributed by atoms with Crippen molar-refractivity contribution in [2.24, 2.45) is 5.73 Å². The van der Waals surface area contributed by atoms with E-state index in [9.17, 15) is 0 Å². The highest BCUT2D eigenvalue weighted by molar-refractivity contribution is 5.78. The predicted molar refractivity (Wildman–Crippen MR) is 44.4 cm³/mol. The number of aryl methyl sites for hydroxylation is 1. The van der Waals surface area contributed by atoms with Crippen LogP contribution in [0.3, 0.4) is 0 Å². The quantitative estimate of drug-likeness (QED) is 0.680. The minimum Gasteiger partial charge on any atom is -0.356 e. The minimum atomic E-state index is 0.426. The van der Waals surface area contributed by atoms with E-state index >= 15 is 0 Å². The summed E-state index contributed by atoms with van der Waals surface area (Å²) in [5.74, 6) is 0. The van der Waals surface area contributed by atoms with Gasteiger partial charge in [0.1, 0.15) is 0 Å². The summed E-state index contributed by atoms with van der Waals surface area (Å²) in [4.78, 5) is 4.13. The van der Waals surface area contributed by atoms with Crippen molar-refractivity contribution in [2.45, 2.75) is 13.5 Å². The van der Waals surface area contributed by atoms with Crippen molar-refractivity contribution >= 4 is 11.0 Å². The summed E-state index contributed by atoms with van der Waals surface area (Å²) in [6.45, 7) is 2.31. The molecular formula is C8H9N3O. The molecule has 2 heterocycles. The fourth-order valence-corrected chi connectivity index (χ4v) is 1.10. The Morgan fingerprint density at radius 1 is 1.58 bits per heavy atom. The number of nitrogens with two attached hydrogens (primary N) is 1. The average Bonchev–Trinajstić information content (AvgIpc) is 2.47. The van der Waals surface area contributed by atoms with E-state index in [0.717, 1.165) is 22.4 Å². The Balaban J connectivity index is 2.69. The molecule has 0 amide bonds. The molecule has 2 aromatic heterocycles. The Labute approximate surface area is 69.4 Å². The summed E-state index contributed by atoms with van der Waals surface area (Å²) in [7, 11) is 0. The highest BCUT2D eigenvalue weighted by atomic mass is 16.5. The van der Waals surface area contributed by atoms with Gasteiger partial charge in [-0.2, -0.15) is 0 Å². The lowest BCUT2D eigenvalue weighted by Gasteiger charge is -1.92. The lowest BCUT2D eigenvalue weighted by Crippen LogP contribution is -1.98. The van der Waals surface area contributed by atoms with Crippen LogP contribution in [0.4, 0.5) is 0 Å². The van der Waals surface area contributed by atoms with Crippen LogP contribution in [0.1, 0.15) is 11.4 Å². The smallest absolute Gasteiger partial charge is 0.170 e. The number of fused-ring (bicyclic) bond motifs is 1. The van der Waals surface area contributed by atoms with Crippen molar-refractivity contribution in [3.8, 4) is 0 Å². The van der Waals surface area contributed by atoms with Crippen LogP contribution >= 0.6 is 0 Å². The molecule has 2 aromatic rings. The molecule has 4 nitrogen and oxygen atoms in total. The summed E-state index contributed by atoms with van der Waals surface area (Å²) in [6.07, 6.45) is 1.74. The first-order valence-corrected chi connectivity index (χ1v) is 3.72. The largest absolute Gasteiger partial charge is 0.356 e. The summed E-state index contributed by atoms with van der Waals surface area (Å²) < 4.78 is 5.05. The van der Waals surface area contributed by atoms with E-state index in [1.807, 2.05) is 13.0 Å². The second kappa shape index (κ2) is 2.57. The molecule has 0 radical (unpaired) electrons. The number of hydrogen-bond donors (Lipinski definition) is 1. The van der Waals surface area contributed by atoms with Crippen LogP contribution in [0, 0.1) is 6.92 Å². The number of pyridine rings is 1. The van der Waals surface area contributed by atoms with Gasteiger partial charge in [0.05, 0.1) is 16.8 Å². The number of hydrogen-bond acceptors (Lipinski definition) is 4. The van der Waals surface area contributed by atoms with E-state index in [2.05, 4.69) is 10.1 Å². The van der Waals surface area contributed by atoms with Crippen molar-refractivity contribution < 1.29 is 4.52 Å². The molecule has 0 fully saturated rings. The van der Waals surface area contributed by atoms with E-state index in [-0.39, 0.29) is 0 Å². The van der Waals surface area contributed by atoms with E-state index < -0.39 is 0 Å². The zero-order valence-electron chi connectivity index (χ0n) is 6.74. The SMILES string of the molecule is Cc1noc2cc(CN)ncc12. The Kier molecular flexibility index (Phi) is 1.55. The van der Waals surface area contributed by atoms with Gasteiger partial charge in [-0.25, -0.2) is 0 Å². The summed E-state index contributed by atoms with van der Waals surface area (Å²) in [6, 6.07) is 1.81. The highest BCUT2D eigenvalue weighted by Crippen LogP contribution is 2.16. The lowest BCUT2D eigenvalue weighted by atomic mass is 10.2. The summed E-state index contributed by atoms with van der Waals surface area (Å²) >= 11 is 0. The van der Waals surface area contributed by atoms with Crippen LogP contribution in [0.15, 0.2) is 16.8 Å². The molecular weight excluding hydrogens is 154 g/mol. The first-order valence-electron chi connectivity index (χ1n) is 3.72. The molecule has 0 bridgehead atoms.